The Hall–Kier alpha value is -2.56. The van der Waals surface area contributed by atoms with E-state index in [4.69, 9.17) is 0 Å². The van der Waals surface area contributed by atoms with Crippen LogP contribution in [0.25, 0.3) is 5.69 Å². The Balaban J connectivity index is 1.05. The van der Waals surface area contributed by atoms with E-state index >= 15 is 0 Å². The van der Waals surface area contributed by atoms with Crippen LogP contribution in [0, 0.1) is 42.4 Å². The lowest BCUT2D eigenvalue weighted by molar-refractivity contribution is -0.123. The van der Waals surface area contributed by atoms with Crippen LogP contribution in [0.3, 0.4) is 0 Å². The Morgan fingerprint density at radius 1 is 1.03 bits per heavy atom. The number of rotatable bonds is 4. The second-order valence-electron chi connectivity index (χ2n) is 10.6. The molecule has 0 spiro atoms. The molecule has 31 heavy (non-hydrogen) atoms. The van der Waals surface area contributed by atoms with Gasteiger partial charge >= 0.3 is 0 Å². The van der Waals surface area contributed by atoms with Crippen molar-refractivity contribution in [3.63, 3.8) is 0 Å². The van der Waals surface area contributed by atoms with Crippen molar-refractivity contribution < 1.29 is 9.59 Å². The van der Waals surface area contributed by atoms with Gasteiger partial charge in [0.05, 0.1) is 12.1 Å². The van der Waals surface area contributed by atoms with Crippen molar-refractivity contribution in [1.29, 1.82) is 0 Å². The van der Waals surface area contributed by atoms with Crippen LogP contribution < -0.4 is 5.32 Å². The molecule has 1 aromatic carbocycles. The highest BCUT2D eigenvalue weighted by atomic mass is 16.2. The molecule has 2 amide bonds. The van der Waals surface area contributed by atoms with Gasteiger partial charge in [-0.15, -0.1) is 0 Å². The zero-order valence-corrected chi connectivity index (χ0v) is 17.9. The average Bonchev–Trinajstić information content (AvgIpc) is 3.29. The van der Waals surface area contributed by atoms with E-state index < -0.39 is 0 Å². The van der Waals surface area contributed by atoms with Gasteiger partial charge in [0.2, 0.25) is 5.91 Å². The van der Waals surface area contributed by atoms with E-state index in [1.807, 2.05) is 47.6 Å². The minimum atomic E-state index is 0.0963. The molecule has 4 saturated carbocycles. The van der Waals surface area contributed by atoms with E-state index in [1.165, 1.54) is 19.3 Å². The lowest BCUT2D eigenvalue weighted by Crippen LogP contribution is -2.40. The molecule has 1 aliphatic heterocycles. The Morgan fingerprint density at radius 3 is 2.52 bits per heavy atom. The third-order valence-corrected chi connectivity index (χ3v) is 9.14. The first-order chi connectivity index (χ1) is 15.1. The number of hydrogen-bond donors (Lipinski definition) is 1. The maximum Gasteiger partial charge on any atom is 0.254 e. The fourth-order valence-electron chi connectivity index (χ4n) is 7.62. The molecule has 5 heteroatoms. The largest absolute Gasteiger partial charge is 0.351 e. The van der Waals surface area contributed by atoms with Crippen LogP contribution in [0.5, 0.6) is 0 Å². The highest BCUT2D eigenvalue weighted by Crippen LogP contribution is 2.69. The smallest absolute Gasteiger partial charge is 0.254 e. The molecule has 1 saturated heterocycles. The highest BCUT2D eigenvalue weighted by Gasteiger charge is 2.68. The van der Waals surface area contributed by atoms with Gasteiger partial charge in [-0.2, -0.15) is 0 Å². The Morgan fingerprint density at radius 2 is 1.77 bits per heavy atom. The molecular weight excluding hydrogens is 386 g/mol. The standard InChI is InChI=1S/C26H29N3O2/c1-14-4-5-17(13-19(14)28-9-2-3-10-28)26(31)29-11-8-18-23(24(18)29)27-25(30)22-20-15-6-7-16(12-15)21(20)22/h2-5,9-10,13,15-16,18,20-24H,6-8,11-12H2,1H3,(H,27,30)/t15-,16+,18-,20+,21-,22?,23-,24-/m1/s1. The van der Waals surface area contributed by atoms with E-state index in [2.05, 4.69) is 16.8 Å². The van der Waals surface area contributed by atoms with Crippen LogP contribution in [0.15, 0.2) is 42.7 Å². The number of benzene rings is 1. The van der Waals surface area contributed by atoms with Crippen LogP contribution in [-0.4, -0.2) is 39.9 Å². The lowest BCUT2D eigenvalue weighted by Gasteiger charge is -2.22. The summed E-state index contributed by atoms with van der Waals surface area (Å²) in [4.78, 5) is 28.3. The monoisotopic (exact) mass is 415 g/mol. The first kappa shape index (κ1) is 18.1. The van der Waals surface area contributed by atoms with E-state index in [1.54, 1.807) is 0 Å². The molecule has 0 radical (unpaired) electrons. The van der Waals surface area contributed by atoms with Crippen molar-refractivity contribution in [3.8, 4) is 5.69 Å². The van der Waals surface area contributed by atoms with Crippen LogP contribution in [0.2, 0.25) is 0 Å². The Labute approximate surface area is 182 Å². The number of piperidine rings is 1. The third-order valence-electron chi connectivity index (χ3n) is 9.14. The summed E-state index contributed by atoms with van der Waals surface area (Å²) in [7, 11) is 0. The molecule has 1 unspecified atom stereocenters. The molecule has 2 aromatic rings. The predicted molar refractivity (Wildman–Crippen MR) is 117 cm³/mol. The number of aryl methyl sites for hydroxylation is 1. The number of carbonyl (C=O) groups is 2. The van der Waals surface area contributed by atoms with Crippen molar-refractivity contribution in [1.82, 2.24) is 14.8 Å². The first-order valence-electron chi connectivity index (χ1n) is 12.0. The van der Waals surface area contributed by atoms with Crippen LogP contribution >= 0.6 is 0 Å². The van der Waals surface area contributed by atoms with Gasteiger partial charge < -0.3 is 14.8 Å². The normalized spacial score (nSPS) is 38.7. The van der Waals surface area contributed by atoms with Crippen molar-refractivity contribution in [2.75, 3.05) is 6.54 Å². The Bertz CT molecular complexity index is 1060. The molecular formula is C26H29N3O2. The number of fused-ring (bicyclic) bond motifs is 6. The Kier molecular flexibility index (Phi) is 3.63. The summed E-state index contributed by atoms with van der Waals surface area (Å²) in [6, 6.07) is 10.3. The molecule has 160 valence electrons. The van der Waals surface area contributed by atoms with E-state index in [-0.39, 0.29) is 29.8 Å². The van der Waals surface area contributed by atoms with Gasteiger partial charge in [0.15, 0.2) is 0 Å². The summed E-state index contributed by atoms with van der Waals surface area (Å²) in [6.45, 7) is 2.87. The van der Waals surface area contributed by atoms with Crippen molar-refractivity contribution in [3.05, 3.63) is 53.9 Å². The molecule has 2 heterocycles. The SMILES string of the molecule is Cc1ccc(C(=O)N2CC[C@@H]3[C@@H](NC(=O)C4[C@@H]5[C@H]6CC[C@H](C6)[C@H]45)[C@@H]32)cc1-n1cccc1. The molecule has 5 fully saturated rings. The molecule has 5 aliphatic rings. The summed E-state index contributed by atoms with van der Waals surface area (Å²) in [5, 5.41) is 3.36. The number of carbonyl (C=O) groups excluding carboxylic acids is 2. The topological polar surface area (TPSA) is 54.3 Å². The second-order valence-corrected chi connectivity index (χ2v) is 10.6. The molecule has 8 atom stereocenters. The van der Waals surface area contributed by atoms with Gasteiger partial charge in [0, 0.05) is 42.0 Å². The first-order valence-corrected chi connectivity index (χ1v) is 12.0. The quantitative estimate of drug-likeness (QED) is 0.832. The molecule has 1 aromatic heterocycles. The van der Waals surface area contributed by atoms with E-state index in [9.17, 15) is 9.59 Å². The highest BCUT2D eigenvalue weighted by molar-refractivity contribution is 5.96. The van der Waals surface area contributed by atoms with E-state index in [0.717, 1.165) is 41.6 Å². The third kappa shape index (κ3) is 2.55. The summed E-state index contributed by atoms with van der Waals surface area (Å²) in [5.41, 5.74) is 2.93. The number of likely N-dealkylation sites (tertiary alicyclic amines) is 1. The maximum absolute atomic E-state index is 13.4. The van der Waals surface area contributed by atoms with Gasteiger partial charge in [-0.05, 0) is 86.1 Å². The van der Waals surface area contributed by atoms with E-state index in [0.29, 0.717) is 17.8 Å². The van der Waals surface area contributed by atoms with Crippen LogP contribution in [-0.2, 0) is 4.79 Å². The number of nitrogens with one attached hydrogen (secondary N) is 1. The average molecular weight is 416 g/mol. The lowest BCUT2D eigenvalue weighted by atomic mass is 10.0. The zero-order chi connectivity index (χ0) is 20.9. The fraction of sp³-hybridized carbons (Fsp3) is 0.538. The van der Waals surface area contributed by atoms with Gasteiger partial charge in [-0.1, -0.05) is 6.07 Å². The minimum Gasteiger partial charge on any atom is -0.351 e. The summed E-state index contributed by atoms with van der Waals surface area (Å²) in [5.74, 6) is 4.08. The molecule has 4 aliphatic carbocycles. The summed E-state index contributed by atoms with van der Waals surface area (Å²) < 4.78 is 2.05. The summed E-state index contributed by atoms with van der Waals surface area (Å²) in [6.07, 6.45) is 9.07. The number of nitrogens with zero attached hydrogens (tertiary/aromatic N) is 2. The second kappa shape index (κ2) is 6.24. The predicted octanol–water partition coefficient (Wildman–Crippen LogP) is 3.41. The van der Waals surface area contributed by atoms with Crippen LogP contribution in [0.4, 0.5) is 0 Å². The molecule has 5 nitrogen and oxygen atoms in total. The van der Waals surface area contributed by atoms with Gasteiger partial charge in [0.1, 0.15) is 0 Å². The fourth-order valence-corrected chi connectivity index (χ4v) is 7.62. The number of aromatic nitrogens is 1. The van der Waals surface area contributed by atoms with Crippen molar-refractivity contribution >= 4 is 11.8 Å². The summed E-state index contributed by atoms with van der Waals surface area (Å²) >= 11 is 0. The van der Waals surface area contributed by atoms with Gasteiger partial charge in [-0.25, -0.2) is 0 Å². The molecule has 1 N–H and O–H groups in total. The minimum absolute atomic E-state index is 0.0963. The van der Waals surface area contributed by atoms with Gasteiger partial charge in [0.25, 0.3) is 5.91 Å². The van der Waals surface area contributed by atoms with Crippen molar-refractivity contribution in [2.45, 2.75) is 44.7 Å². The maximum atomic E-state index is 13.4. The van der Waals surface area contributed by atoms with Crippen LogP contribution in [0.1, 0.15) is 41.6 Å². The number of amides is 2. The van der Waals surface area contributed by atoms with Crippen molar-refractivity contribution in [2.24, 2.45) is 35.5 Å². The zero-order valence-electron chi connectivity index (χ0n) is 17.9. The number of hydrogen-bond acceptors (Lipinski definition) is 2. The molecule has 7 rings (SSSR count). The van der Waals surface area contributed by atoms with Gasteiger partial charge in [-0.3, -0.25) is 9.59 Å². The molecule has 2 bridgehead atoms.